The highest BCUT2D eigenvalue weighted by Gasteiger charge is 2.23. The molecular weight excluding hydrogens is 617 g/mol. The third-order valence-corrected chi connectivity index (χ3v) is 8.51. The Bertz CT molecular complexity index is 876. The second kappa shape index (κ2) is 34.1. The number of hydrogen-bond acceptors (Lipinski definition) is 7. The molecule has 0 heterocycles. The standard InChI is InChI=1S/C37H68NO8P/c1-3-5-7-9-11-13-15-17-19-21-23-25-27-29-36(40)38-31-32-45-47(42,43)46-34-35(39)33-44-37(41)30-28-26-24-22-20-18-16-14-12-10-8-6-4-2/h8,10,13-16,35,39H,3-7,9,11-12,17-34H2,1-2H3,(H,38,40)(H,42,43)/b10-8-,15-13-,16-14-. The molecule has 0 aromatic carbocycles. The fourth-order valence-electron chi connectivity index (χ4n) is 4.70. The van der Waals surface area contributed by atoms with E-state index in [1.807, 2.05) is 0 Å². The summed E-state index contributed by atoms with van der Waals surface area (Å²) in [6.45, 7) is 3.42. The molecule has 10 heteroatoms. The van der Waals surface area contributed by atoms with Gasteiger partial charge < -0.3 is 20.1 Å². The first kappa shape index (κ1) is 45.2. The van der Waals surface area contributed by atoms with Gasteiger partial charge in [0.25, 0.3) is 0 Å². The number of aliphatic hydroxyl groups is 1. The van der Waals surface area contributed by atoms with Gasteiger partial charge in [-0.1, -0.05) is 115 Å². The normalized spacial score (nSPS) is 13.9. The number of phosphoric ester groups is 1. The Kier molecular flexibility index (Phi) is 32.8. The maximum atomic E-state index is 12.0. The van der Waals surface area contributed by atoms with Crippen molar-refractivity contribution in [2.24, 2.45) is 0 Å². The molecule has 47 heavy (non-hydrogen) atoms. The second-order valence-corrected chi connectivity index (χ2v) is 13.6. The minimum atomic E-state index is -4.41. The molecule has 9 nitrogen and oxygen atoms in total. The van der Waals surface area contributed by atoms with Crippen LogP contribution in [0.1, 0.15) is 155 Å². The maximum absolute atomic E-state index is 12.0. The van der Waals surface area contributed by atoms with Crippen LogP contribution < -0.4 is 5.32 Å². The van der Waals surface area contributed by atoms with E-state index < -0.39 is 26.5 Å². The number of phosphoric acid groups is 1. The first-order valence-electron chi connectivity index (χ1n) is 18.5. The fourth-order valence-corrected chi connectivity index (χ4v) is 5.46. The molecule has 0 aliphatic heterocycles. The number of aliphatic hydroxyl groups excluding tert-OH is 1. The van der Waals surface area contributed by atoms with E-state index >= 15 is 0 Å². The van der Waals surface area contributed by atoms with Crippen molar-refractivity contribution in [2.75, 3.05) is 26.4 Å². The summed E-state index contributed by atoms with van der Waals surface area (Å²) in [5, 5.41) is 12.6. The number of allylic oxidation sites excluding steroid dienone is 6. The monoisotopic (exact) mass is 685 g/mol. The zero-order valence-corrected chi connectivity index (χ0v) is 30.6. The van der Waals surface area contributed by atoms with Crippen molar-refractivity contribution < 1.29 is 37.9 Å². The van der Waals surface area contributed by atoms with Crippen LogP contribution in [0.2, 0.25) is 0 Å². The molecule has 2 unspecified atom stereocenters. The Morgan fingerprint density at radius 2 is 1.19 bits per heavy atom. The van der Waals surface area contributed by atoms with Gasteiger partial charge in [-0.15, -0.1) is 0 Å². The third kappa shape index (κ3) is 35.4. The SMILES string of the molecule is CCC/C=C\C/C=C\CCCCCCCC(=O)OCC(O)COP(=O)(O)OCCNC(=O)CCCCCCC/C=C\CCCCCC. The van der Waals surface area contributed by atoms with E-state index in [-0.39, 0.29) is 32.1 Å². The number of carbonyl (C=O) groups excluding carboxylic acids is 2. The van der Waals surface area contributed by atoms with Crippen molar-refractivity contribution in [3.8, 4) is 0 Å². The van der Waals surface area contributed by atoms with E-state index in [2.05, 4.69) is 55.6 Å². The molecule has 274 valence electrons. The average molecular weight is 686 g/mol. The maximum Gasteiger partial charge on any atom is 0.472 e. The summed E-state index contributed by atoms with van der Waals surface area (Å²) in [6, 6.07) is 0. The molecule has 0 bridgehead atoms. The quantitative estimate of drug-likeness (QED) is 0.0264. The Morgan fingerprint density at radius 1 is 0.660 bits per heavy atom. The first-order valence-corrected chi connectivity index (χ1v) is 20.0. The van der Waals surface area contributed by atoms with Crippen molar-refractivity contribution in [2.45, 2.75) is 161 Å². The van der Waals surface area contributed by atoms with Crippen LogP contribution in [0.25, 0.3) is 0 Å². The number of unbranched alkanes of at least 4 members (excludes halogenated alkanes) is 15. The Balaban J connectivity index is 3.67. The Morgan fingerprint density at radius 3 is 1.81 bits per heavy atom. The highest BCUT2D eigenvalue weighted by Crippen LogP contribution is 2.42. The van der Waals surface area contributed by atoms with Gasteiger partial charge in [-0.25, -0.2) is 4.57 Å². The Labute approximate surface area is 286 Å². The molecule has 0 spiro atoms. The largest absolute Gasteiger partial charge is 0.472 e. The number of ether oxygens (including phenoxy) is 1. The molecule has 0 saturated carbocycles. The summed E-state index contributed by atoms with van der Waals surface area (Å²) in [4.78, 5) is 33.7. The molecule has 0 rings (SSSR count). The molecular formula is C37H68NO8P. The highest BCUT2D eigenvalue weighted by molar-refractivity contribution is 7.47. The molecule has 1 amide bonds. The lowest BCUT2D eigenvalue weighted by Gasteiger charge is -2.15. The molecule has 0 fully saturated rings. The lowest BCUT2D eigenvalue weighted by atomic mass is 10.1. The van der Waals surface area contributed by atoms with Crippen LogP contribution in [0, 0.1) is 0 Å². The van der Waals surface area contributed by atoms with Gasteiger partial charge in [0, 0.05) is 19.4 Å². The van der Waals surface area contributed by atoms with Gasteiger partial charge in [-0.05, 0) is 64.2 Å². The van der Waals surface area contributed by atoms with Gasteiger partial charge in [0.05, 0.1) is 13.2 Å². The van der Waals surface area contributed by atoms with Gasteiger partial charge in [0.15, 0.2) is 0 Å². The van der Waals surface area contributed by atoms with Crippen LogP contribution >= 0.6 is 7.82 Å². The molecule has 0 aliphatic carbocycles. The minimum Gasteiger partial charge on any atom is -0.463 e. The van der Waals surface area contributed by atoms with Gasteiger partial charge in [-0.3, -0.25) is 18.6 Å². The highest BCUT2D eigenvalue weighted by atomic mass is 31.2. The van der Waals surface area contributed by atoms with Gasteiger partial charge in [-0.2, -0.15) is 0 Å². The molecule has 2 atom stereocenters. The van der Waals surface area contributed by atoms with E-state index in [1.165, 1.54) is 44.9 Å². The van der Waals surface area contributed by atoms with E-state index in [1.54, 1.807) is 0 Å². The van der Waals surface area contributed by atoms with Crippen molar-refractivity contribution in [3.63, 3.8) is 0 Å². The molecule has 0 saturated heterocycles. The first-order chi connectivity index (χ1) is 22.8. The average Bonchev–Trinajstić information content (AvgIpc) is 3.05. The zero-order valence-electron chi connectivity index (χ0n) is 29.7. The van der Waals surface area contributed by atoms with Crippen LogP contribution in [-0.4, -0.2) is 54.3 Å². The molecule has 0 aromatic heterocycles. The van der Waals surface area contributed by atoms with E-state index in [0.29, 0.717) is 6.42 Å². The molecule has 0 aliphatic rings. The van der Waals surface area contributed by atoms with Crippen LogP contribution in [0.5, 0.6) is 0 Å². The lowest BCUT2D eigenvalue weighted by Crippen LogP contribution is -2.27. The zero-order chi connectivity index (χ0) is 34.7. The van der Waals surface area contributed by atoms with Crippen LogP contribution in [0.4, 0.5) is 0 Å². The van der Waals surface area contributed by atoms with E-state index in [9.17, 15) is 24.2 Å². The van der Waals surface area contributed by atoms with E-state index in [4.69, 9.17) is 13.8 Å². The summed E-state index contributed by atoms with van der Waals surface area (Å²) >= 11 is 0. The predicted molar refractivity (Wildman–Crippen MR) is 192 cm³/mol. The summed E-state index contributed by atoms with van der Waals surface area (Å²) in [7, 11) is -4.41. The number of nitrogens with one attached hydrogen (secondary N) is 1. The van der Waals surface area contributed by atoms with Gasteiger partial charge >= 0.3 is 13.8 Å². The summed E-state index contributed by atoms with van der Waals surface area (Å²) < 4.78 is 26.7. The van der Waals surface area contributed by atoms with E-state index in [0.717, 1.165) is 83.5 Å². The number of hydrogen-bond donors (Lipinski definition) is 3. The van der Waals surface area contributed by atoms with Crippen molar-refractivity contribution >= 4 is 19.7 Å². The molecule has 0 radical (unpaired) electrons. The topological polar surface area (TPSA) is 131 Å². The summed E-state index contributed by atoms with van der Waals surface area (Å²) in [5.74, 6) is -0.543. The number of amides is 1. The van der Waals surface area contributed by atoms with Crippen LogP contribution in [0.15, 0.2) is 36.5 Å². The second-order valence-electron chi connectivity index (χ2n) is 12.2. The van der Waals surface area contributed by atoms with Crippen molar-refractivity contribution in [1.29, 1.82) is 0 Å². The lowest BCUT2D eigenvalue weighted by molar-refractivity contribution is -0.147. The predicted octanol–water partition coefficient (Wildman–Crippen LogP) is 9.43. The molecule has 0 aromatic rings. The number of carbonyl (C=O) groups is 2. The number of rotatable bonds is 34. The van der Waals surface area contributed by atoms with Crippen molar-refractivity contribution in [1.82, 2.24) is 5.32 Å². The van der Waals surface area contributed by atoms with Gasteiger partial charge in [0.2, 0.25) is 5.91 Å². The summed E-state index contributed by atoms with van der Waals surface area (Å²) in [6.07, 6.45) is 35.0. The fraction of sp³-hybridized carbons (Fsp3) is 0.784. The third-order valence-electron chi connectivity index (χ3n) is 7.52. The van der Waals surface area contributed by atoms with Gasteiger partial charge in [0.1, 0.15) is 12.7 Å². The minimum absolute atomic E-state index is 0.0751. The number of esters is 1. The van der Waals surface area contributed by atoms with Crippen molar-refractivity contribution in [3.05, 3.63) is 36.5 Å². The molecule has 3 N–H and O–H groups in total. The Hall–Kier alpha value is -1.77. The van der Waals surface area contributed by atoms with Crippen LogP contribution in [0.3, 0.4) is 0 Å². The summed E-state index contributed by atoms with van der Waals surface area (Å²) in [5.41, 5.74) is 0. The smallest absolute Gasteiger partial charge is 0.463 e. The van der Waals surface area contributed by atoms with Crippen LogP contribution in [-0.2, 0) is 27.9 Å².